The van der Waals surface area contributed by atoms with Crippen molar-refractivity contribution in [3.63, 3.8) is 0 Å². The molecular formula is C29H35F5O5. The van der Waals surface area contributed by atoms with Gasteiger partial charge in [-0.3, -0.25) is 0 Å². The Morgan fingerprint density at radius 1 is 0.949 bits per heavy atom. The Kier molecular flexibility index (Phi) is 6.16. The maximum atomic E-state index is 15.1. The molecule has 5 nitrogen and oxygen atoms in total. The van der Waals surface area contributed by atoms with E-state index in [4.69, 9.17) is 9.47 Å². The molecule has 216 valence electrons. The van der Waals surface area contributed by atoms with Crippen LogP contribution in [0.3, 0.4) is 0 Å². The summed E-state index contributed by atoms with van der Waals surface area (Å²) in [6.07, 6.45) is -4.62. The molecule has 6 rings (SSSR count). The Labute approximate surface area is 224 Å². The van der Waals surface area contributed by atoms with E-state index in [0.29, 0.717) is 50.0 Å². The molecule has 10 heteroatoms. The summed E-state index contributed by atoms with van der Waals surface area (Å²) in [5.41, 5.74) is -3.11. The van der Waals surface area contributed by atoms with E-state index in [0.717, 1.165) is 11.1 Å². The van der Waals surface area contributed by atoms with E-state index in [1.165, 1.54) is 6.92 Å². The first kappa shape index (κ1) is 27.6. The highest BCUT2D eigenvalue weighted by Crippen LogP contribution is 2.71. The molecular weight excluding hydrogens is 523 g/mol. The molecule has 39 heavy (non-hydrogen) atoms. The van der Waals surface area contributed by atoms with Crippen LogP contribution in [-0.4, -0.2) is 57.6 Å². The van der Waals surface area contributed by atoms with E-state index in [9.17, 15) is 28.5 Å². The molecule has 1 saturated heterocycles. The molecule has 1 aromatic rings. The van der Waals surface area contributed by atoms with Gasteiger partial charge in [0.2, 0.25) is 0 Å². The van der Waals surface area contributed by atoms with Gasteiger partial charge in [0.25, 0.3) is 0 Å². The second kappa shape index (κ2) is 8.71. The Hall–Kier alpha value is -1.59. The second-order valence-corrected chi connectivity index (χ2v) is 12.5. The quantitative estimate of drug-likeness (QED) is 0.343. The molecule has 0 radical (unpaired) electrons. The highest BCUT2D eigenvalue weighted by molar-refractivity contribution is 5.44. The summed E-state index contributed by atoms with van der Waals surface area (Å²) in [5, 5.41) is 32.9. The minimum atomic E-state index is -5.89. The van der Waals surface area contributed by atoms with Gasteiger partial charge in [-0.2, -0.15) is 22.0 Å². The molecule has 0 bridgehead atoms. The van der Waals surface area contributed by atoms with E-state index in [2.05, 4.69) is 0 Å². The summed E-state index contributed by atoms with van der Waals surface area (Å²) < 4.78 is 83.1. The van der Waals surface area contributed by atoms with E-state index in [1.54, 1.807) is 24.3 Å². The smallest absolute Gasteiger partial charge is 0.392 e. The van der Waals surface area contributed by atoms with Gasteiger partial charge in [-0.05, 0) is 67.1 Å². The van der Waals surface area contributed by atoms with Crippen molar-refractivity contribution in [3.8, 4) is 0 Å². The van der Waals surface area contributed by atoms with Gasteiger partial charge in [0.1, 0.15) is 5.60 Å². The average molecular weight is 559 g/mol. The fourth-order valence-corrected chi connectivity index (χ4v) is 8.92. The van der Waals surface area contributed by atoms with Crippen LogP contribution in [0.2, 0.25) is 0 Å². The summed E-state index contributed by atoms with van der Waals surface area (Å²) in [5.74, 6) is -7.65. The van der Waals surface area contributed by atoms with Crippen molar-refractivity contribution < 1.29 is 46.7 Å². The van der Waals surface area contributed by atoms with Gasteiger partial charge in [0, 0.05) is 24.2 Å². The van der Waals surface area contributed by atoms with Gasteiger partial charge in [0.15, 0.2) is 5.79 Å². The van der Waals surface area contributed by atoms with Crippen LogP contribution in [0.25, 0.3) is 0 Å². The standard InChI is InChI=1S/C29H35F5O5/c1-24-14-20(18-4-2-17(15-35)3-5-18)23-19(21(24)8-11-27(24,37)28(30,31)29(32,33)34)6-9-25(36)16-26(10-7-22(23)25)38-12-13-39-26/h2-5,19-21,35-37H,6-16H2,1H3/t19-,20+,21-,24-,25+,27-/m0/s1. The molecule has 0 amide bonds. The zero-order chi connectivity index (χ0) is 28.1. The Balaban J connectivity index is 1.49. The molecule has 0 unspecified atom stereocenters. The number of rotatable bonds is 3. The minimum absolute atomic E-state index is 0.0465. The number of fused-ring (bicyclic) bond motifs is 4. The second-order valence-electron chi connectivity index (χ2n) is 12.5. The first-order valence-electron chi connectivity index (χ1n) is 13.8. The largest absolute Gasteiger partial charge is 0.456 e. The van der Waals surface area contributed by atoms with Gasteiger partial charge < -0.3 is 24.8 Å². The van der Waals surface area contributed by atoms with Crippen LogP contribution >= 0.6 is 0 Å². The highest BCUT2D eigenvalue weighted by atomic mass is 19.4. The first-order chi connectivity index (χ1) is 18.2. The van der Waals surface area contributed by atoms with Crippen molar-refractivity contribution in [1.29, 1.82) is 0 Å². The SMILES string of the molecule is C[C@]12C[C@H](c3ccc(CO)cc3)C3=C4CCC5(C[C@]4(O)CC[C@H]3[C@@H]1CC[C@@]2(O)C(F)(F)C(F)(F)F)OCCO5. The van der Waals surface area contributed by atoms with E-state index in [1.807, 2.05) is 0 Å². The van der Waals surface area contributed by atoms with Crippen LogP contribution in [0.4, 0.5) is 22.0 Å². The van der Waals surface area contributed by atoms with Gasteiger partial charge in [-0.25, -0.2) is 0 Å². The fourth-order valence-electron chi connectivity index (χ4n) is 8.92. The predicted octanol–water partition coefficient (Wildman–Crippen LogP) is 5.38. The number of alkyl halides is 5. The van der Waals surface area contributed by atoms with E-state index < -0.39 is 52.8 Å². The summed E-state index contributed by atoms with van der Waals surface area (Å²) in [6, 6.07) is 6.95. The Morgan fingerprint density at radius 3 is 2.23 bits per heavy atom. The zero-order valence-electron chi connectivity index (χ0n) is 21.9. The highest BCUT2D eigenvalue weighted by Gasteiger charge is 2.79. The van der Waals surface area contributed by atoms with Crippen molar-refractivity contribution >= 4 is 0 Å². The Bertz CT molecular complexity index is 1160. The monoisotopic (exact) mass is 558 g/mol. The third kappa shape index (κ3) is 3.74. The van der Waals surface area contributed by atoms with Crippen LogP contribution in [0.5, 0.6) is 0 Å². The fraction of sp³-hybridized carbons (Fsp3) is 0.724. The summed E-state index contributed by atoms with van der Waals surface area (Å²) in [4.78, 5) is 0. The minimum Gasteiger partial charge on any atom is -0.392 e. The third-order valence-corrected chi connectivity index (χ3v) is 10.8. The van der Waals surface area contributed by atoms with Crippen LogP contribution in [0.1, 0.15) is 75.3 Å². The zero-order valence-corrected chi connectivity index (χ0v) is 21.9. The van der Waals surface area contributed by atoms with Gasteiger partial charge >= 0.3 is 12.1 Å². The number of hydrogen-bond acceptors (Lipinski definition) is 5. The van der Waals surface area contributed by atoms with Crippen LogP contribution in [-0.2, 0) is 16.1 Å². The lowest BCUT2D eigenvalue weighted by molar-refractivity contribution is -0.362. The number of aliphatic hydroxyl groups is 3. The predicted molar refractivity (Wildman–Crippen MR) is 130 cm³/mol. The lowest BCUT2D eigenvalue weighted by Crippen LogP contribution is -2.65. The van der Waals surface area contributed by atoms with E-state index >= 15 is 8.78 Å². The number of ether oxygens (including phenoxy) is 2. The molecule has 1 aliphatic heterocycles. The van der Waals surface area contributed by atoms with Crippen molar-refractivity contribution in [2.24, 2.45) is 17.3 Å². The normalized spacial score (nSPS) is 40.0. The van der Waals surface area contributed by atoms with Crippen molar-refractivity contribution in [3.05, 3.63) is 46.5 Å². The number of allylic oxidation sites excluding steroid dienone is 1. The van der Waals surface area contributed by atoms with Gasteiger partial charge in [-0.15, -0.1) is 0 Å². The number of benzene rings is 1. The van der Waals surface area contributed by atoms with Crippen molar-refractivity contribution in [2.75, 3.05) is 13.2 Å². The molecule has 4 fully saturated rings. The summed E-state index contributed by atoms with van der Waals surface area (Å²) in [7, 11) is 0. The summed E-state index contributed by atoms with van der Waals surface area (Å²) in [6.45, 7) is 2.09. The molecule has 5 aliphatic rings. The third-order valence-electron chi connectivity index (χ3n) is 10.8. The van der Waals surface area contributed by atoms with Crippen molar-refractivity contribution in [2.45, 2.75) is 99.9 Å². The average Bonchev–Trinajstić information content (AvgIpc) is 3.44. The van der Waals surface area contributed by atoms with Crippen LogP contribution in [0.15, 0.2) is 35.4 Å². The topological polar surface area (TPSA) is 79.2 Å². The number of halogens is 5. The molecule has 1 aromatic carbocycles. The number of hydrogen-bond donors (Lipinski definition) is 3. The molecule has 6 atom stereocenters. The van der Waals surface area contributed by atoms with Crippen molar-refractivity contribution in [1.82, 2.24) is 0 Å². The van der Waals surface area contributed by atoms with Gasteiger partial charge in [-0.1, -0.05) is 36.8 Å². The maximum absolute atomic E-state index is 15.1. The molecule has 4 aliphatic carbocycles. The van der Waals surface area contributed by atoms with Crippen LogP contribution < -0.4 is 0 Å². The first-order valence-corrected chi connectivity index (χ1v) is 13.8. The lowest BCUT2D eigenvalue weighted by atomic mass is 9.49. The lowest BCUT2D eigenvalue weighted by Gasteiger charge is -2.58. The number of aliphatic hydroxyl groups excluding tert-OH is 1. The molecule has 3 saturated carbocycles. The molecule has 1 heterocycles. The molecule has 0 aromatic heterocycles. The summed E-state index contributed by atoms with van der Waals surface area (Å²) >= 11 is 0. The molecule has 3 N–H and O–H groups in total. The van der Waals surface area contributed by atoms with Crippen LogP contribution in [0, 0.1) is 17.3 Å². The maximum Gasteiger partial charge on any atom is 0.456 e. The molecule has 1 spiro atoms. The Morgan fingerprint density at radius 2 is 1.62 bits per heavy atom. The van der Waals surface area contributed by atoms with Gasteiger partial charge in [0.05, 0.1) is 25.4 Å². The van der Waals surface area contributed by atoms with E-state index in [-0.39, 0.29) is 31.8 Å².